The van der Waals surface area contributed by atoms with Gasteiger partial charge in [0.25, 0.3) is 0 Å². The van der Waals surface area contributed by atoms with Crippen molar-refractivity contribution in [2.24, 2.45) is 11.7 Å². The Morgan fingerprint density at radius 3 is 2.57 bits per heavy atom. The van der Waals surface area contributed by atoms with E-state index in [2.05, 4.69) is 5.32 Å². The predicted molar refractivity (Wildman–Crippen MR) is 81.9 cm³/mol. The lowest BCUT2D eigenvalue weighted by atomic mass is 10.0. The molecule has 3 N–H and O–H groups in total. The second-order valence-corrected chi connectivity index (χ2v) is 5.52. The van der Waals surface area contributed by atoms with Gasteiger partial charge in [0.1, 0.15) is 13.2 Å². The highest BCUT2D eigenvalue weighted by Gasteiger charge is 2.34. The standard InChI is InChI=1S/C15H20N2O3.ClH/c1-9(16)15(18)17-14(10-2-3-10)11-4-5-12-13(8-11)20-7-6-19-12;/h4-5,8-10,14H,2-3,6-7,16H2,1H3,(H,17,18);1H/t9-,14?;/m0./s1. The smallest absolute Gasteiger partial charge is 0.237 e. The summed E-state index contributed by atoms with van der Waals surface area (Å²) in [5.41, 5.74) is 6.70. The van der Waals surface area contributed by atoms with Crippen molar-refractivity contribution in [1.29, 1.82) is 0 Å². The Morgan fingerprint density at radius 2 is 1.95 bits per heavy atom. The molecule has 1 amide bonds. The van der Waals surface area contributed by atoms with Gasteiger partial charge in [0.05, 0.1) is 12.1 Å². The fourth-order valence-electron chi connectivity index (χ4n) is 2.44. The number of nitrogens with two attached hydrogens (primary N) is 1. The molecule has 1 heterocycles. The topological polar surface area (TPSA) is 73.6 Å². The summed E-state index contributed by atoms with van der Waals surface area (Å²) in [7, 11) is 0. The molecule has 1 aliphatic heterocycles. The minimum absolute atomic E-state index is 0. The van der Waals surface area contributed by atoms with E-state index in [0.717, 1.165) is 29.9 Å². The number of rotatable bonds is 4. The number of fused-ring (bicyclic) bond motifs is 1. The van der Waals surface area contributed by atoms with E-state index in [0.29, 0.717) is 19.1 Å². The van der Waals surface area contributed by atoms with Crippen molar-refractivity contribution in [3.05, 3.63) is 23.8 Å². The quantitative estimate of drug-likeness (QED) is 0.889. The molecule has 0 bridgehead atoms. The maximum atomic E-state index is 11.9. The molecule has 6 heteroatoms. The highest BCUT2D eigenvalue weighted by atomic mass is 35.5. The van der Waals surface area contributed by atoms with Gasteiger partial charge in [0, 0.05) is 0 Å². The average Bonchev–Trinajstić information content (AvgIpc) is 3.28. The Labute approximate surface area is 130 Å². The lowest BCUT2D eigenvalue weighted by Crippen LogP contribution is -2.41. The van der Waals surface area contributed by atoms with Gasteiger partial charge >= 0.3 is 0 Å². The first-order valence-electron chi connectivity index (χ1n) is 7.10. The van der Waals surface area contributed by atoms with Gasteiger partial charge in [-0.1, -0.05) is 6.07 Å². The van der Waals surface area contributed by atoms with Crippen LogP contribution in [0, 0.1) is 5.92 Å². The third-order valence-corrected chi connectivity index (χ3v) is 3.73. The first-order valence-corrected chi connectivity index (χ1v) is 7.10. The summed E-state index contributed by atoms with van der Waals surface area (Å²) in [5, 5.41) is 3.04. The Bertz CT molecular complexity index is 518. The largest absolute Gasteiger partial charge is 0.486 e. The molecule has 3 rings (SSSR count). The van der Waals surface area contributed by atoms with Crippen LogP contribution >= 0.6 is 12.4 Å². The number of ether oxygens (including phenoxy) is 2. The van der Waals surface area contributed by atoms with E-state index in [-0.39, 0.29) is 24.4 Å². The molecule has 0 radical (unpaired) electrons. The Hall–Kier alpha value is -1.46. The fraction of sp³-hybridized carbons (Fsp3) is 0.533. The van der Waals surface area contributed by atoms with Crippen LogP contribution in [0.15, 0.2) is 18.2 Å². The zero-order chi connectivity index (χ0) is 14.1. The van der Waals surface area contributed by atoms with E-state index in [1.54, 1.807) is 6.92 Å². The van der Waals surface area contributed by atoms with Crippen LogP contribution in [0.4, 0.5) is 0 Å². The molecule has 5 nitrogen and oxygen atoms in total. The summed E-state index contributed by atoms with van der Waals surface area (Å²) < 4.78 is 11.1. The number of hydrogen-bond acceptors (Lipinski definition) is 4. The van der Waals surface area contributed by atoms with Crippen molar-refractivity contribution in [3.8, 4) is 11.5 Å². The minimum atomic E-state index is -0.492. The Kier molecular flexibility index (Phi) is 4.96. The number of benzene rings is 1. The van der Waals surface area contributed by atoms with Gasteiger partial charge in [0.15, 0.2) is 11.5 Å². The molecule has 0 saturated heterocycles. The van der Waals surface area contributed by atoms with Crippen molar-refractivity contribution in [2.45, 2.75) is 31.8 Å². The van der Waals surface area contributed by atoms with Gasteiger partial charge in [-0.2, -0.15) is 0 Å². The van der Waals surface area contributed by atoms with Crippen molar-refractivity contribution < 1.29 is 14.3 Å². The fourth-order valence-corrected chi connectivity index (χ4v) is 2.44. The van der Waals surface area contributed by atoms with Gasteiger partial charge in [-0.05, 0) is 43.4 Å². The summed E-state index contributed by atoms with van der Waals surface area (Å²) in [5.74, 6) is 1.92. The van der Waals surface area contributed by atoms with Gasteiger partial charge in [0.2, 0.25) is 5.91 Å². The molecule has 0 aromatic heterocycles. The second kappa shape index (κ2) is 6.54. The van der Waals surface area contributed by atoms with E-state index in [9.17, 15) is 4.79 Å². The summed E-state index contributed by atoms with van der Waals surface area (Å²) >= 11 is 0. The van der Waals surface area contributed by atoms with E-state index < -0.39 is 6.04 Å². The zero-order valence-electron chi connectivity index (χ0n) is 12.0. The molecule has 1 aliphatic carbocycles. The molecule has 21 heavy (non-hydrogen) atoms. The average molecular weight is 313 g/mol. The molecule has 1 unspecified atom stereocenters. The first-order chi connectivity index (χ1) is 9.65. The lowest BCUT2D eigenvalue weighted by molar-refractivity contribution is -0.122. The number of halogens is 1. The highest BCUT2D eigenvalue weighted by Crippen LogP contribution is 2.43. The minimum Gasteiger partial charge on any atom is -0.486 e. The summed E-state index contributed by atoms with van der Waals surface area (Å²) in [6.07, 6.45) is 2.27. The molecular formula is C15H21ClN2O3. The Morgan fingerprint density at radius 1 is 1.29 bits per heavy atom. The molecule has 1 aromatic rings. The molecule has 116 valence electrons. The van der Waals surface area contributed by atoms with E-state index >= 15 is 0 Å². The molecule has 0 spiro atoms. The van der Waals surface area contributed by atoms with E-state index in [1.165, 1.54) is 0 Å². The molecule has 2 aliphatic rings. The second-order valence-electron chi connectivity index (χ2n) is 5.52. The molecule has 1 fully saturated rings. The van der Waals surface area contributed by atoms with Crippen LogP contribution in [0.5, 0.6) is 11.5 Å². The maximum Gasteiger partial charge on any atom is 0.237 e. The third-order valence-electron chi connectivity index (χ3n) is 3.73. The van der Waals surface area contributed by atoms with Crippen LogP contribution in [-0.2, 0) is 4.79 Å². The number of nitrogens with one attached hydrogen (secondary N) is 1. The van der Waals surface area contributed by atoms with Crippen molar-refractivity contribution in [3.63, 3.8) is 0 Å². The predicted octanol–water partition coefficient (Wildman–Crippen LogP) is 1.79. The number of hydrogen-bond donors (Lipinski definition) is 2. The van der Waals surface area contributed by atoms with Crippen LogP contribution in [0.2, 0.25) is 0 Å². The van der Waals surface area contributed by atoms with Crippen molar-refractivity contribution >= 4 is 18.3 Å². The monoisotopic (exact) mass is 312 g/mol. The SMILES string of the molecule is C[C@H](N)C(=O)NC(c1ccc2c(c1)OCCO2)C1CC1.Cl. The summed E-state index contributed by atoms with van der Waals surface area (Å²) in [6, 6.07) is 5.41. The van der Waals surface area contributed by atoms with Crippen LogP contribution < -0.4 is 20.5 Å². The van der Waals surface area contributed by atoms with Gasteiger partial charge in [-0.25, -0.2) is 0 Å². The maximum absolute atomic E-state index is 11.9. The van der Waals surface area contributed by atoms with Crippen molar-refractivity contribution in [1.82, 2.24) is 5.32 Å². The summed E-state index contributed by atoms with van der Waals surface area (Å²) in [4.78, 5) is 11.9. The lowest BCUT2D eigenvalue weighted by Gasteiger charge is -2.23. The van der Waals surface area contributed by atoms with Crippen LogP contribution in [0.3, 0.4) is 0 Å². The first kappa shape index (κ1) is 15.9. The van der Waals surface area contributed by atoms with Crippen LogP contribution in [0.25, 0.3) is 0 Å². The van der Waals surface area contributed by atoms with E-state index in [1.807, 2.05) is 18.2 Å². The van der Waals surface area contributed by atoms with Crippen LogP contribution in [-0.4, -0.2) is 25.2 Å². The van der Waals surface area contributed by atoms with Crippen molar-refractivity contribution in [2.75, 3.05) is 13.2 Å². The zero-order valence-corrected chi connectivity index (χ0v) is 12.8. The molecular weight excluding hydrogens is 292 g/mol. The van der Waals surface area contributed by atoms with Crippen LogP contribution in [0.1, 0.15) is 31.4 Å². The number of carbonyl (C=O) groups is 1. The van der Waals surface area contributed by atoms with Gasteiger partial charge in [-0.3, -0.25) is 4.79 Å². The van der Waals surface area contributed by atoms with Gasteiger partial charge in [-0.15, -0.1) is 12.4 Å². The molecule has 1 aromatic carbocycles. The highest BCUT2D eigenvalue weighted by molar-refractivity contribution is 5.85. The Balaban J connectivity index is 0.00000161. The summed E-state index contributed by atoms with van der Waals surface area (Å²) in [6.45, 7) is 2.85. The molecule has 1 saturated carbocycles. The number of carbonyl (C=O) groups excluding carboxylic acids is 1. The number of amides is 1. The van der Waals surface area contributed by atoms with E-state index in [4.69, 9.17) is 15.2 Å². The molecule has 2 atom stereocenters. The van der Waals surface area contributed by atoms with Gasteiger partial charge < -0.3 is 20.5 Å². The third kappa shape index (κ3) is 3.60. The normalized spacial score (nSPS) is 19.1.